The quantitative estimate of drug-likeness (QED) is 0.430. The zero-order valence-electron chi connectivity index (χ0n) is 4.52. The van der Waals surface area contributed by atoms with Gasteiger partial charge >= 0.3 is 0 Å². The van der Waals surface area contributed by atoms with Crippen LogP contribution in [0, 0.1) is 0 Å². The largest absolute Gasteiger partial charge is 0.310 e. The first-order valence-corrected chi connectivity index (χ1v) is 2.81. The smallest absolute Gasteiger partial charge is 0.0384 e. The zero-order chi connectivity index (χ0) is 4.85. The van der Waals surface area contributed by atoms with Crippen LogP contribution >= 0.6 is 0 Å². The second kappa shape index (κ2) is 1.01. The monoisotopic (exact) mass is 98.1 g/mol. The number of fused-ring (bicyclic) bond motifs is 1. The molecule has 2 aliphatic rings. The highest BCUT2D eigenvalue weighted by Gasteiger charge is 2.42. The lowest BCUT2D eigenvalue weighted by atomic mass is 9.90. The first-order chi connectivity index (χ1) is 3.38. The first kappa shape index (κ1) is 3.87. The summed E-state index contributed by atoms with van der Waals surface area (Å²) in [6, 6.07) is 1.77. The van der Waals surface area contributed by atoms with Crippen molar-refractivity contribution in [3.8, 4) is 0 Å². The van der Waals surface area contributed by atoms with E-state index >= 15 is 0 Å². The molecule has 0 saturated carbocycles. The van der Waals surface area contributed by atoms with Crippen LogP contribution in [0.15, 0.2) is 0 Å². The van der Waals surface area contributed by atoms with Gasteiger partial charge < -0.3 is 5.32 Å². The van der Waals surface area contributed by atoms with Gasteiger partial charge in [0.1, 0.15) is 0 Å². The summed E-state index contributed by atoms with van der Waals surface area (Å²) in [6.45, 7) is 2.49. The summed E-state index contributed by atoms with van der Waals surface area (Å²) in [5.41, 5.74) is 0. The SMILES string of the molecule is CN1CC2NCC21. The van der Waals surface area contributed by atoms with Gasteiger partial charge in [0.2, 0.25) is 0 Å². The molecule has 0 aromatic heterocycles. The third kappa shape index (κ3) is 0.318. The van der Waals surface area contributed by atoms with Crippen LogP contribution in [0.3, 0.4) is 0 Å². The lowest BCUT2D eigenvalue weighted by molar-refractivity contribution is 0.00576. The van der Waals surface area contributed by atoms with Crippen molar-refractivity contribution < 1.29 is 0 Å². The van der Waals surface area contributed by atoms with Crippen LogP contribution in [-0.2, 0) is 0 Å². The molecule has 0 radical (unpaired) electrons. The summed E-state index contributed by atoms with van der Waals surface area (Å²) in [7, 11) is 2.18. The minimum absolute atomic E-state index is 0.866. The second-order valence-corrected chi connectivity index (χ2v) is 2.52. The van der Waals surface area contributed by atoms with Crippen molar-refractivity contribution in [3.63, 3.8) is 0 Å². The molecule has 40 valence electrons. The fraction of sp³-hybridized carbons (Fsp3) is 1.00. The van der Waals surface area contributed by atoms with Crippen molar-refractivity contribution in [1.82, 2.24) is 10.2 Å². The standard InChI is InChI=1S/C5H10N2/c1-7-3-4-5(7)2-6-4/h4-6H,2-3H2,1H3. The van der Waals surface area contributed by atoms with E-state index in [-0.39, 0.29) is 0 Å². The number of hydrogen-bond donors (Lipinski definition) is 1. The van der Waals surface area contributed by atoms with Gasteiger partial charge in [0, 0.05) is 25.2 Å². The minimum atomic E-state index is 0.866. The van der Waals surface area contributed by atoms with Crippen molar-refractivity contribution in [2.75, 3.05) is 20.1 Å². The summed E-state index contributed by atoms with van der Waals surface area (Å²) in [5, 5.41) is 3.33. The Labute approximate surface area is 43.5 Å². The highest BCUT2D eigenvalue weighted by Crippen LogP contribution is 2.21. The van der Waals surface area contributed by atoms with Crippen molar-refractivity contribution in [2.45, 2.75) is 12.1 Å². The van der Waals surface area contributed by atoms with Crippen LogP contribution in [0.25, 0.3) is 0 Å². The maximum absolute atomic E-state index is 3.33. The Bertz CT molecular complexity index is 88.1. The number of rotatable bonds is 0. The van der Waals surface area contributed by atoms with Gasteiger partial charge in [-0.15, -0.1) is 0 Å². The van der Waals surface area contributed by atoms with Crippen LogP contribution in [-0.4, -0.2) is 37.1 Å². The zero-order valence-corrected chi connectivity index (χ0v) is 4.52. The number of nitrogens with zero attached hydrogens (tertiary/aromatic N) is 1. The average Bonchev–Trinajstić information content (AvgIpc) is 1.59. The Morgan fingerprint density at radius 3 is 2.57 bits per heavy atom. The van der Waals surface area contributed by atoms with Crippen LogP contribution in [0.1, 0.15) is 0 Å². The molecule has 1 N–H and O–H groups in total. The van der Waals surface area contributed by atoms with E-state index in [1.165, 1.54) is 13.1 Å². The second-order valence-electron chi connectivity index (χ2n) is 2.52. The predicted molar refractivity (Wildman–Crippen MR) is 28.2 cm³/mol. The number of likely N-dealkylation sites (tertiary alicyclic amines) is 1. The van der Waals surface area contributed by atoms with Gasteiger partial charge in [-0.2, -0.15) is 0 Å². The lowest BCUT2D eigenvalue weighted by Gasteiger charge is -2.54. The molecular formula is C5H10N2. The fourth-order valence-corrected chi connectivity index (χ4v) is 1.35. The minimum Gasteiger partial charge on any atom is -0.310 e. The number of piperazine rings is 1. The molecule has 2 fully saturated rings. The topological polar surface area (TPSA) is 15.3 Å². The highest BCUT2D eigenvalue weighted by molar-refractivity contribution is 5.04. The normalized spacial score (nSPS) is 49.3. The van der Waals surface area contributed by atoms with E-state index in [1.807, 2.05) is 0 Å². The summed E-state index contributed by atoms with van der Waals surface area (Å²) in [6.07, 6.45) is 0. The van der Waals surface area contributed by atoms with Gasteiger partial charge in [-0.25, -0.2) is 0 Å². The molecule has 0 aromatic rings. The predicted octanol–water partition coefficient (Wildman–Crippen LogP) is -0.728. The van der Waals surface area contributed by atoms with Crippen LogP contribution < -0.4 is 5.32 Å². The van der Waals surface area contributed by atoms with Gasteiger partial charge in [0.25, 0.3) is 0 Å². The van der Waals surface area contributed by atoms with Crippen molar-refractivity contribution in [3.05, 3.63) is 0 Å². The molecule has 0 amide bonds. The molecule has 2 rings (SSSR count). The third-order valence-electron chi connectivity index (χ3n) is 2.10. The molecule has 2 saturated heterocycles. The van der Waals surface area contributed by atoms with Gasteiger partial charge in [-0.05, 0) is 7.05 Å². The highest BCUT2D eigenvalue weighted by atomic mass is 15.3. The third-order valence-corrected chi connectivity index (χ3v) is 2.10. The molecule has 0 spiro atoms. The van der Waals surface area contributed by atoms with E-state index in [4.69, 9.17) is 0 Å². The number of hydrogen-bond acceptors (Lipinski definition) is 2. The molecule has 2 heterocycles. The summed E-state index contributed by atoms with van der Waals surface area (Å²) in [5.74, 6) is 0. The maximum Gasteiger partial charge on any atom is 0.0384 e. The van der Waals surface area contributed by atoms with Gasteiger partial charge in [0.15, 0.2) is 0 Å². The van der Waals surface area contributed by atoms with E-state index < -0.39 is 0 Å². The molecule has 7 heavy (non-hydrogen) atoms. The van der Waals surface area contributed by atoms with E-state index in [9.17, 15) is 0 Å². The Balaban J connectivity index is 1.99. The summed E-state index contributed by atoms with van der Waals surface area (Å²) >= 11 is 0. The van der Waals surface area contributed by atoms with E-state index in [0.717, 1.165) is 12.1 Å². The molecule has 0 aliphatic carbocycles. The summed E-state index contributed by atoms with van der Waals surface area (Å²) in [4.78, 5) is 2.39. The Hall–Kier alpha value is -0.0800. The van der Waals surface area contributed by atoms with Crippen LogP contribution in [0.2, 0.25) is 0 Å². The lowest BCUT2D eigenvalue weighted by Crippen LogP contribution is -2.76. The molecule has 2 aliphatic heterocycles. The Morgan fingerprint density at radius 1 is 1.71 bits per heavy atom. The van der Waals surface area contributed by atoms with Gasteiger partial charge in [-0.3, -0.25) is 4.90 Å². The van der Waals surface area contributed by atoms with Crippen molar-refractivity contribution >= 4 is 0 Å². The van der Waals surface area contributed by atoms with E-state index in [1.54, 1.807) is 0 Å². The van der Waals surface area contributed by atoms with E-state index in [2.05, 4.69) is 17.3 Å². The average molecular weight is 98.1 g/mol. The number of nitrogens with one attached hydrogen (secondary N) is 1. The van der Waals surface area contributed by atoms with Crippen molar-refractivity contribution in [1.29, 1.82) is 0 Å². The van der Waals surface area contributed by atoms with E-state index in [0.29, 0.717) is 0 Å². The summed E-state index contributed by atoms with van der Waals surface area (Å²) < 4.78 is 0. The maximum atomic E-state index is 3.33. The Morgan fingerprint density at radius 2 is 2.57 bits per heavy atom. The van der Waals surface area contributed by atoms with Gasteiger partial charge in [0.05, 0.1) is 0 Å². The molecule has 2 nitrogen and oxygen atoms in total. The molecule has 2 unspecified atom stereocenters. The molecule has 0 aromatic carbocycles. The Kier molecular flexibility index (Phi) is 0.557. The van der Waals surface area contributed by atoms with Crippen LogP contribution in [0.5, 0.6) is 0 Å². The molecule has 0 bridgehead atoms. The molecule has 2 heteroatoms. The first-order valence-electron chi connectivity index (χ1n) is 2.81. The number of likely N-dealkylation sites (N-methyl/N-ethyl adjacent to an activating group) is 1. The molecule has 2 atom stereocenters. The fourth-order valence-electron chi connectivity index (χ4n) is 1.35. The molecular weight excluding hydrogens is 88.1 g/mol. The van der Waals surface area contributed by atoms with Gasteiger partial charge in [-0.1, -0.05) is 0 Å². The van der Waals surface area contributed by atoms with Crippen molar-refractivity contribution in [2.24, 2.45) is 0 Å². The van der Waals surface area contributed by atoms with Crippen LogP contribution in [0.4, 0.5) is 0 Å².